The second kappa shape index (κ2) is 69.9. The number of hydrogen-bond acceptors (Lipinski definition) is 6. The van der Waals surface area contributed by atoms with E-state index < -0.39 is 6.10 Å². The number of carbonyl (C=O) groups is 3. The van der Waals surface area contributed by atoms with Crippen molar-refractivity contribution in [2.75, 3.05) is 13.2 Å². The van der Waals surface area contributed by atoms with E-state index in [-0.39, 0.29) is 31.1 Å². The van der Waals surface area contributed by atoms with E-state index in [9.17, 15) is 14.4 Å². The zero-order chi connectivity index (χ0) is 58.5. The van der Waals surface area contributed by atoms with Crippen LogP contribution in [0.25, 0.3) is 0 Å². The third kappa shape index (κ3) is 68.0. The van der Waals surface area contributed by atoms with E-state index in [2.05, 4.69) is 69.4 Å². The van der Waals surface area contributed by atoms with Gasteiger partial charge in [0.15, 0.2) is 6.10 Å². The van der Waals surface area contributed by atoms with Crippen LogP contribution >= 0.6 is 0 Å². The largest absolute Gasteiger partial charge is 0.462 e. The van der Waals surface area contributed by atoms with Gasteiger partial charge in [0.05, 0.1) is 0 Å². The fraction of sp³-hybridized carbons (Fsp3) is 0.853. The van der Waals surface area contributed by atoms with Gasteiger partial charge < -0.3 is 14.2 Å². The van der Waals surface area contributed by atoms with E-state index in [1.54, 1.807) is 0 Å². The smallest absolute Gasteiger partial charge is 0.306 e. The van der Waals surface area contributed by atoms with Gasteiger partial charge >= 0.3 is 17.9 Å². The Hall–Kier alpha value is -2.63. The maximum absolute atomic E-state index is 12.9. The van der Waals surface area contributed by atoms with Gasteiger partial charge in [0, 0.05) is 19.3 Å². The number of allylic oxidation sites excluding steroid dienone is 8. The number of ether oxygens (including phenoxy) is 3. The first-order valence-electron chi connectivity index (χ1n) is 36.1. The maximum Gasteiger partial charge on any atom is 0.306 e. The first-order valence-corrected chi connectivity index (χ1v) is 36.1. The van der Waals surface area contributed by atoms with Crippen molar-refractivity contribution in [2.24, 2.45) is 0 Å². The molecule has 0 aromatic heterocycles. The Morgan fingerprint density at radius 1 is 0.247 bits per heavy atom. The molecule has 6 nitrogen and oxygen atoms in total. The Kier molecular flexibility index (Phi) is 67.6. The van der Waals surface area contributed by atoms with Crippen molar-refractivity contribution in [2.45, 2.75) is 399 Å². The Balaban J connectivity index is 4.13. The molecule has 0 fully saturated rings. The molecular formula is C75H138O6. The molecule has 0 aliphatic heterocycles. The van der Waals surface area contributed by atoms with Crippen LogP contribution in [-0.2, 0) is 28.6 Å². The zero-order valence-corrected chi connectivity index (χ0v) is 54.6. The molecule has 0 bridgehead atoms. The third-order valence-electron chi connectivity index (χ3n) is 16.3. The summed E-state index contributed by atoms with van der Waals surface area (Å²) in [6.07, 6.45) is 88.7. The molecule has 0 rings (SSSR count). The van der Waals surface area contributed by atoms with Gasteiger partial charge in [0.2, 0.25) is 0 Å². The molecule has 0 amide bonds. The Bertz CT molecular complexity index is 1400. The highest BCUT2D eigenvalue weighted by atomic mass is 16.6. The molecular weight excluding hydrogens is 997 g/mol. The highest BCUT2D eigenvalue weighted by molar-refractivity contribution is 5.71. The summed E-state index contributed by atoms with van der Waals surface area (Å²) in [7, 11) is 0. The molecule has 81 heavy (non-hydrogen) atoms. The molecule has 0 heterocycles. The highest BCUT2D eigenvalue weighted by Crippen LogP contribution is 2.18. The molecule has 0 aliphatic rings. The SMILES string of the molecule is CCCC/C=C\CCCCCCCC(=O)OCC(COC(=O)CCCCCCCCCCCCCCCCCCCCC/C=C\C/C=C\CCCCCCC)OC(=O)CCCCCCCCCCC/C=C\CCCCCCCCCC. The lowest BCUT2D eigenvalue weighted by molar-refractivity contribution is -0.167. The second-order valence-electron chi connectivity index (χ2n) is 24.5. The lowest BCUT2D eigenvalue weighted by Gasteiger charge is -2.18. The van der Waals surface area contributed by atoms with E-state index in [1.165, 1.54) is 283 Å². The van der Waals surface area contributed by atoms with Crippen molar-refractivity contribution >= 4 is 17.9 Å². The van der Waals surface area contributed by atoms with Gasteiger partial charge in [-0.15, -0.1) is 0 Å². The average Bonchev–Trinajstić information content (AvgIpc) is 3.47. The first-order chi connectivity index (χ1) is 40.0. The molecule has 0 saturated carbocycles. The minimum Gasteiger partial charge on any atom is -0.462 e. The van der Waals surface area contributed by atoms with Crippen LogP contribution in [0.1, 0.15) is 393 Å². The molecule has 0 N–H and O–H groups in total. The fourth-order valence-electron chi connectivity index (χ4n) is 10.8. The van der Waals surface area contributed by atoms with Crippen molar-refractivity contribution in [3.05, 3.63) is 48.6 Å². The summed E-state index contributed by atoms with van der Waals surface area (Å²) < 4.78 is 17.0. The molecule has 0 spiro atoms. The van der Waals surface area contributed by atoms with Gasteiger partial charge in [-0.3, -0.25) is 14.4 Å². The molecule has 0 aliphatic carbocycles. The normalized spacial score (nSPS) is 12.3. The van der Waals surface area contributed by atoms with E-state index in [4.69, 9.17) is 14.2 Å². The summed E-state index contributed by atoms with van der Waals surface area (Å²) >= 11 is 0. The average molecular weight is 1140 g/mol. The summed E-state index contributed by atoms with van der Waals surface area (Å²) in [6, 6.07) is 0. The van der Waals surface area contributed by atoms with Gasteiger partial charge in [-0.05, 0) is 96.3 Å². The van der Waals surface area contributed by atoms with Gasteiger partial charge in [-0.25, -0.2) is 0 Å². The minimum atomic E-state index is -0.776. The third-order valence-corrected chi connectivity index (χ3v) is 16.3. The molecule has 0 radical (unpaired) electrons. The first kappa shape index (κ1) is 78.4. The van der Waals surface area contributed by atoms with Gasteiger partial charge in [0.25, 0.3) is 0 Å². The van der Waals surface area contributed by atoms with Crippen LogP contribution in [-0.4, -0.2) is 37.2 Å². The summed E-state index contributed by atoms with van der Waals surface area (Å²) in [5.41, 5.74) is 0. The zero-order valence-electron chi connectivity index (χ0n) is 54.6. The lowest BCUT2D eigenvalue weighted by Crippen LogP contribution is -2.30. The van der Waals surface area contributed by atoms with Gasteiger partial charge in [-0.1, -0.05) is 326 Å². The minimum absolute atomic E-state index is 0.0723. The Morgan fingerprint density at radius 3 is 0.728 bits per heavy atom. The molecule has 0 saturated heterocycles. The predicted molar refractivity (Wildman–Crippen MR) is 353 cm³/mol. The Morgan fingerprint density at radius 2 is 0.457 bits per heavy atom. The molecule has 1 unspecified atom stereocenters. The van der Waals surface area contributed by atoms with Crippen LogP contribution in [0.5, 0.6) is 0 Å². The lowest BCUT2D eigenvalue weighted by atomic mass is 10.0. The van der Waals surface area contributed by atoms with E-state index in [0.29, 0.717) is 19.3 Å². The molecule has 0 aromatic carbocycles. The fourth-order valence-corrected chi connectivity index (χ4v) is 10.8. The molecule has 6 heteroatoms. The van der Waals surface area contributed by atoms with Crippen LogP contribution < -0.4 is 0 Å². The summed E-state index contributed by atoms with van der Waals surface area (Å²) in [5.74, 6) is -0.860. The number of hydrogen-bond donors (Lipinski definition) is 0. The van der Waals surface area contributed by atoms with Crippen molar-refractivity contribution in [3.8, 4) is 0 Å². The van der Waals surface area contributed by atoms with Crippen LogP contribution in [0.2, 0.25) is 0 Å². The number of unbranched alkanes of at least 4 members (excludes halogenated alkanes) is 48. The molecule has 0 aromatic rings. The van der Waals surface area contributed by atoms with Gasteiger partial charge in [0.1, 0.15) is 13.2 Å². The van der Waals surface area contributed by atoms with Crippen LogP contribution in [0, 0.1) is 0 Å². The number of esters is 3. The van der Waals surface area contributed by atoms with E-state index in [1.807, 2.05) is 0 Å². The van der Waals surface area contributed by atoms with E-state index in [0.717, 1.165) is 70.6 Å². The summed E-state index contributed by atoms with van der Waals surface area (Å²) in [5, 5.41) is 0. The van der Waals surface area contributed by atoms with Crippen LogP contribution in [0.4, 0.5) is 0 Å². The topological polar surface area (TPSA) is 78.9 Å². The standard InChI is InChI=1S/C75H138O6/c1-4-7-10-13-16-19-22-24-26-28-30-32-33-34-35-36-37-38-39-40-41-43-44-46-48-50-53-56-59-62-65-68-74(77)80-71-72(70-79-73(76)67-64-61-58-55-52-21-18-15-12-9-6-3)81-75(78)69-66-63-60-57-54-51-49-47-45-42-31-29-27-25-23-20-17-14-11-8-5-2/h15,18,22,24,28-31,72H,4-14,16-17,19-21,23,25-27,32-71H2,1-3H3/b18-15-,24-22-,30-28-,31-29-. The quantitative estimate of drug-likeness (QED) is 0.0261. The van der Waals surface area contributed by atoms with Crippen molar-refractivity contribution in [1.82, 2.24) is 0 Å². The monoisotopic (exact) mass is 1140 g/mol. The second-order valence-corrected chi connectivity index (χ2v) is 24.5. The van der Waals surface area contributed by atoms with Crippen LogP contribution in [0.3, 0.4) is 0 Å². The van der Waals surface area contributed by atoms with Crippen molar-refractivity contribution in [1.29, 1.82) is 0 Å². The number of rotatable bonds is 67. The predicted octanol–water partition coefficient (Wildman–Crippen LogP) is 24.9. The summed E-state index contributed by atoms with van der Waals surface area (Å²) in [4.78, 5) is 38.4. The van der Waals surface area contributed by atoms with Crippen molar-refractivity contribution < 1.29 is 28.6 Å². The Labute approximate surface area is 505 Å². The van der Waals surface area contributed by atoms with Crippen molar-refractivity contribution in [3.63, 3.8) is 0 Å². The van der Waals surface area contributed by atoms with Crippen LogP contribution in [0.15, 0.2) is 48.6 Å². The van der Waals surface area contributed by atoms with Gasteiger partial charge in [-0.2, -0.15) is 0 Å². The molecule has 1 atom stereocenters. The van der Waals surface area contributed by atoms with E-state index >= 15 is 0 Å². The highest BCUT2D eigenvalue weighted by Gasteiger charge is 2.19. The number of carbonyl (C=O) groups excluding carboxylic acids is 3. The summed E-state index contributed by atoms with van der Waals surface area (Å²) in [6.45, 7) is 6.64. The molecule has 474 valence electrons. The maximum atomic E-state index is 12.9.